The SMILES string of the molecule is COc1ccc(-c2nc(NCCCOc3ccc4c(c3)CC[C@H]4CC(=O)O)ccc2C(F)(F)F)cc1. The molecule has 2 N–H and O–H groups in total. The molecule has 1 heterocycles. The number of nitrogens with one attached hydrogen (secondary N) is 1. The fourth-order valence-electron chi connectivity index (χ4n) is 4.43. The normalized spacial score (nSPS) is 14.8. The first-order valence-corrected chi connectivity index (χ1v) is 11.7. The summed E-state index contributed by atoms with van der Waals surface area (Å²) in [5.74, 6) is 0.870. The summed E-state index contributed by atoms with van der Waals surface area (Å²) in [4.78, 5) is 15.3. The number of benzene rings is 2. The molecule has 1 aromatic heterocycles. The predicted molar refractivity (Wildman–Crippen MR) is 130 cm³/mol. The molecule has 9 heteroatoms. The second kappa shape index (κ2) is 10.9. The molecule has 6 nitrogen and oxygen atoms in total. The first-order valence-electron chi connectivity index (χ1n) is 11.7. The molecule has 0 saturated heterocycles. The van der Waals surface area contributed by atoms with Crippen LogP contribution in [0.25, 0.3) is 11.3 Å². The number of aromatic nitrogens is 1. The number of aliphatic carboxylic acids is 1. The molecular formula is C27H27F3N2O4. The number of fused-ring (bicyclic) bond motifs is 1. The van der Waals surface area contributed by atoms with Crippen LogP contribution in [0.5, 0.6) is 11.5 Å². The zero-order valence-electron chi connectivity index (χ0n) is 19.8. The molecule has 2 aromatic carbocycles. The maximum atomic E-state index is 13.6. The molecule has 0 aliphatic heterocycles. The number of nitrogens with zero attached hydrogens (tertiary/aromatic N) is 1. The van der Waals surface area contributed by atoms with Gasteiger partial charge in [-0.15, -0.1) is 0 Å². The molecule has 0 fully saturated rings. The Kier molecular flexibility index (Phi) is 7.67. The molecule has 1 atom stereocenters. The molecule has 1 aliphatic rings. The van der Waals surface area contributed by atoms with Crippen LogP contribution in [-0.4, -0.2) is 36.3 Å². The summed E-state index contributed by atoms with van der Waals surface area (Å²) in [7, 11) is 1.49. The third-order valence-electron chi connectivity index (χ3n) is 6.20. The Morgan fingerprint density at radius 1 is 1.11 bits per heavy atom. The number of aryl methyl sites for hydroxylation is 1. The molecule has 0 unspecified atom stereocenters. The summed E-state index contributed by atoms with van der Waals surface area (Å²) in [6.45, 7) is 0.877. The number of hydrogen-bond donors (Lipinski definition) is 2. The molecule has 0 radical (unpaired) electrons. The highest BCUT2D eigenvalue weighted by Crippen LogP contribution is 2.38. The summed E-state index contributed by atoms with van der Waals surface area (Å²) >= 11 is 0. The number of anilines is 1. The van der Waals surface area contributed by atoms with Crippen molar-refractivity contribution in [3.63, 3.8) is 0 Å². The topological polar surface area (TPSA) is 80.7 Å². The number of hydrogen-bond acceptors (Lipinski definition) is 5. The summed E-state index contributed by atoms with van der Waals surface area (Å²) in [5.41, 5.74) is 1.59. The summed E-state index contributed by atoms with van der Waals surface area (Å²) in [6, 6.07) is 14.4. The van der Waals surface area contributed by atoms with E-state index >= 15 is 0 Å². The Morgan fingerprint density at radius 2 is 1.86 bits per heavy atom. The molecular weight excluding hydrogens is 473 g/mol. The van der Waals surface area contributed by atoms with Crippen LogP contribution in [0.3, 0.4) is 0 Å². The maximum Gasteiger partial charge on any atom is 0.418 e. The minimum absolute atomic E-state index is 0.0507. The van der Waals surface area contributed by atoms with Crippen LogP contribution < -0.4 is 14.8 Å². The largest absolute Gasteiger partial charge is 0.497 e. The number of carbonyl (C=O) groups is 1. The predicted octanol–water partition coefficient (Wildman–Crippen LogP) is 6.16. The van der Waals surface area contributed by atoms with Crippen LogP contribution in [0, 0.1) is 0 Å². The number of carboxylic acids is 1. The van der Waals surface area contributed by atoms with Crippen LogP contribution in [-0.2, 0) is 17.4 Å². The quantitative estimate of drug-likeness (QED) is 0.325. The van der Waals surface area contributed by atoms with E-state index in [9.17, 15) is 18.0 Å². The number of pyridine rings is 1. The van der Waals surface area contributed by atoms with Crippen molar-refractivity contribution in [1.82, 2.24) is 4.98 Å². The van der Waals surface area contributed by atoms with Gasteiger partial charge in [-0.1, -0.05) is 6.07 Å². The summed E-state index contributed by atoms with van der Waals surface area (Å²) < 4.78 is 51.6. The van der Waals surface area contributed by atoms with Gasteiger partial charge in [0.1, 0.15) is 17.3 Å². The Balaban J connectivity index is 1.34. The van der Waals surface area contributed by atoms with Crippen LogP contribution in [0.1, 0.15) is 41.9 Å². The fourth-order valence-corrected chi connectivity index (χ4v) is 4.43. The van der Waals surface area contributed by atoms with E-state index < -0.39 is 17.7 Å². The van der Waals surface area contributed by atoms with Gasteiger partial charge in [0.25, 0.3) is 0 Å². The second-order valence-corrected chi connectivity index (χ2v) is 8.64. The summed E-state index contributed by atoms with van der Waals surface area (Å²) in [5, 5.41) is 12.1. The van der Waals surface area contributed by atoms with E-state index in [1.54, 1.807) is 24.3 Å². The number of carboxylic acid groups (broad SMARTS) is 1. The van der Waals surface area contributed by atoms with Crippen molar-refractivity contribution in [2.45, 2.75) is 37.8 Å². The highest BCUT2D eigenvalue weighted by Gasteiger charge is 2.34. The summed E-state index contributed by atoms with van der Waals surface area (Å²) in [6.07, 6.45) is -2.12. The van der Waals surface area contributed by atoms with E-state index in [2.05, 4.69) is 10.3 Å². The molecule has 0 amide bonds. The number of ether oxygens (including phenoxy) is 2. The maximum absolute atomic E-state index is 13.6. The zero-order chi connectivity index (χ0) is 25.7. The highest BCUT2D eigenvalue weighted by molar-refractivity contribution is 5.68. The first kappa shape index (κ1) is 25.3. The Labute approximate surface area is 207 Å². The molecule has 0 saturated carbocycles. The lowest BCUT2D eigenvalue weighted by atomic mass is 9.98. The Hall–Kier alpha value is -3.75. The van der Waals surface area contributed by atoms with Gasteiger partial charge in [0.2, 0.25) is 0 Å². The van der Waals surface area contributed by atoms with Gasteiger partial charge in [-0.25, -0.2) is 4.98 Å². The van der Waals surface area contributed by atoms with Gasteiger partial charge in [0, 0.05) is 12.1 Å². The fraction of sp³-hybridized carbons (Fsp3) is 0.333. The van der Waals surface area contributed by atoms with Gasteiger partial charge in [-0.2, -0.15) is 13.2 Å². The Morgan fingerprint density at radius 3 is 2.56 bits per heavy atom. The number of methoxy groups -OCH3 is 1. The highest BCUT2D eigenvalue weighted by atomic mass is 19.4. The van der Waals surface area contributed by atoms with E-state index in [-0.39, 0.29) is 18.0 Å². The average Bonchev–Trinajstić information content (AvgIpc) is 3.24. The van der Waals surface area contributed by atoms with Gasteiger partial charge in [-0.05, 0) is 84.8 Å². The monoisotopic (exact) mass is 500 g/mol. The van der Waals surface area contributed by atoms with Crippen LogP contribution in [0.2, 0.25) is 0 Å². The van der Waals surface area contributed by atoms with Crippen molar-refractivity contribution in [3.05, 3.63) is 71.3 Å². The third kappa shape index (κ3) is 6.08. The molecule has 3 aromatic rings. The average molecular weight is 501 g/mol. The number of alkyl halides is 3. The van der Waals surface area contributed by atoms with Crippen molar-refractivity contribution < 1.29 is 32.5 Å². The van der Waals surface area contributed by atoms with Crippen LogP contribution in [0.4, 0.5) is 19.0 Å². The van der Waals surface area contributed by atoms with Crippen LogP contribution in [0.15, 0.2) is 54.6 Å². The molecule has 190 valence electrons. The van der Waals surface area contributed by atoms with Gasteiger partial charge in [0.15, 0.2) is 0 Å². The Bertz CT molecular complexity index is 1210. The lowest BCUT2D eigenvalue weighted by molar-refractivity contribution is -0.138. The molecule has 4 rings (SSSR count). The van der Waals surface area contributed by atoms with Gasteiger partial charge >= 0.3 is 12.1 Å². The minimum Gasteiger partial charge on any atom is -0.497 e. The van der Waals surface area contributed by atoms with Crippen molar-refractivity contribution in [3.8, 4) is 22.8 Å². The van der Waals surface area contributed by atoms with Crippen molar-refractivity contribution >= 4 is 11.8 Å². The van der Waals surface area contributed by atoms with E-state index in [1.165, 1.54) is 13.2 Å². The second-order valence-electron chi connectivity index (χ2n) is 8.64. The zero-order valence-corrected chi connectivity index (χ0v) is 19.8. The van der Waals surface area contributed by atoms with Crippen LogP contribution >= 0.6 is 0 Å². The number of rotatable bonds is 10. The number of halogens is 3. The van der Waals surface area contributed by atoms with Gasteiger partial charge in [-0.3, -0.25) is 4.79 Å². The van der Waals surface area contributed by atoms with Crippen molar-refractivity contribution in [2.24, 2.45) is 0 Å². The lowest BCUT2D eigenvalue weighted by Crippen LogP contribution is -2.12. The smallest absolute Gasteiger partial charge is 0.418 e. The van der Waals surface area contributed by atoms with Gasteiger partial charge in [0.05, 0.1) is 31.4 Å². The van der Waals surface area contributed by atoms with E-state index in [0.29, 0.717) is 36.7 Å². The first-order chi connectivity index (χ1) is 17.2. The van der Waals surface area contributed by atoms with E-state index in [0.717, 1.165) is 35.8 Å². The standard InChI is InChI=1S/C27H27F3N2O4/c1-35-20-7-5-17(6-8-20)26-23(27(28,29)30)11-12-24(32-26)31-13-2-14-36-21-9-10-22-18(15-21)3-4-19(22)16-25(33)34/h5-12,15,19H,2-4,13-14,16H2,1H3,(H,31,32)(H,33,34)/t19-/m0/s1. The van der Waals surface area contributed by atoms with Crippen molar-refractivity contribution in [1.29, 1.82) is 0 Å². The molecule has 36 heavy (non-hydrogen) atoms. The lowest BCUT2D eigenvalue weighted by Gasteiger charge is -2.15. The molecule has 0 spiro atoms. The van der Waals surface area contributed by atoms with Crippen molar-refractivity contribution in [2.75, 3.05) is 25.6 Å². The van der Waals surface area contributed by atoms with E-state index in [4.69, 9.17) is 14.6 Å². The third-order valence-corrected chi connectivity index (χ3v) is 6.20. The van der Waals surface area contributed by atoms with E-state index in [1.807, 2.05) is 18.2 Å². The minimum atomic E-state index is -4.53. The molecule has 0 bridgehead atoms. The molecule has 1 aliphatic carbocycles. The van der Waals surface area contributed by atoms with Gasteiger partial charge < -0.3 is 19.9 Å².